The highest BCUT2D eigenvalue weighted by Gasteiger charge is 2.41. The number of phenols is 2. The second-order valence-electron chi connectivity index (χ2n) is 7.62. The molecule has 0 saturated carbocycles. The van der Waals surface area contributed by atoms with Gasteiger partial charge < -0.3 is 20.1 Å². The number of hydrazine groups is 1. The number of para-hydroxylation sites is 1. The first-order chi connectivity index (χ1) is 15.0. The van der Waals surface area contributed by atoms with Crippen molar-refractivity contribution in [1.82, 2.24) is 15.8 Å². The average Bonchev–Trinajstić information content (AvgIpc) is 3.33. The summed E-state index contributed by atoms with van der Waals surface area (Å²) in [5.74, 6) is -1.17. The minimum atomic E-state index is -1.03. The molecule has 164 valence electrons. The van der Waals surface area contributed by atoms with E-state index in [1.54, 1.807) is 11.3 Å². The number of nitrogens with one attached hydrogen (secondary N) is 2. The number of aryl methyl sites for hydroxylation is 1. The smallest absolute Gasteiger partial charge is 0.329 e. The lowest BCUT2D eigenvalue weighted by Crippen LogP contribution is -2.35. The van der Waals surface area contributed by atoms with Gasteiger partial charge in [0.2, 0.25) is 0 Å². The molecule has 3 aromatic rings. The Bertz CT molecular complexity index is 1050. The fraction of sp³-hybridized carbons (Fsp3) is 0.364. The van der Waals surface area contributed by atoms with Gasteiger partial charge in [-0.1, -0.05) is 25.5 Å². The van der Waals surface area contributed by atoms with Crippen LogP contribution in [0.1, 0.15) is 41.4 Å². The van der Waals surface area contributed by atoms with Gasteiger partial charge in [0.15, 0.2) is 0 Å². The maximum Gasteiger partial charge on any atom is 0.329 e. The van der Waals surface area contributed by atoms with E-state index in [0.717, 1.165) is 27.2 Å². The van der Waals surface area contributed by atoms with Crippen LogP contribution in [-0.4, -0.2) is 45.5 Å². The predicted molar refractivity (Wildman–Crippen MR) is 117 cm³/mol. The van der Waals surface area contributed by atoms with E-state index in [1.807, 2.05) is 37.3 Å². The molecule has 3 unspecified atom stereocenters. The number of benzene rings is 2. The Labute approximate surface area is 183 Å². The monoisotopic (exact) mass is 443 g/mol. The van der Waals surface area contributed by atoms with Crippen LogP contribution in [0.5, 0.6) is 11.5 Å². The minimum absolute atomic E-state index is 0.00475. The van der Waals surface area contributed by atoms with Crippen LogP contribution in [-0.2, 0) is 16.0 Å². The van der Waals surface area contributed by atoms with E-state index in [0.29, 0.717) is 12.0 Å². The van der Waals surface area contributed by atoms with Crippen molar-refractivity contribution < 1.29 is 24.9 Å². The fourth-order valence-electron chi connectivity index (χ4n) is 4.01. The van der Waals surface area contributed by atoms with Gasteiger partial charge in [-0.2, -0.15) is 0 Å². The number of carbonyl (C=O) groups is 1. The quantitative estimate of drug-likeness (QED) is 0.360. The number of aromatic nitrogens is 1. The highest BCUT2D eigenvalue weighted by atomic mass is 32.1. The van der Waals surface area contributed by atoms with Crippen molar-refractivity contribution in [3.05, 3.63) is 52.5 Å². The molecular weight excluding hydrogens is 418 g/mol. The zero-order valence-corrected chi connectivity index (χ0v) is 17.9. The molecule has 1 aliphatic heterocycles. The number of phenolic OH excluding ortho intramolecular Hbond substituents is 2. The van der Waals surface area contributed by atoms with Gasteiger partial charge in [0.25, 0.3) is 0 Å². The Morgan fingerprint density at radius 2 is 2.00 bits per heavy atom. The molecule has 3 atom stereocenters. The van der Waals surface area contributed by atoms with Gasteiger partial charge in [-0.05, 0) is 30.2 Å². The first-order valence-electron chi connectivity index (χ1n) is 10.2. The normalized spacial score (nSPS) is 21.0. The molecule has 0 bridgehead atoms. The van der Waals surface area contributed by atoms with E-state index in [1.165, 1.54) is 6.07 Å². The molecule has 8 nitrogen and oxygen atoms in total. The molecule has 2 heterocycles. The van der Waals surface area contributed by atoms with Crippen molar-refractivity contribution in [2.24, 2.45) is 0 Å². The van der Waals surface area contributed by atoms with E-state index in [4.69, 9.17) is 14.8 Å². The van der Waals surface area contributed by atoms with Gasteiger partial charge in [-0.3, -0.25) is 5.43 Å². The van der Waals surface area contributed by atoms with Gasteiger partial charge in [0.1, 0.15) is 23.1 Å². The molecule has 2 aromatic carbocycles. The molecule has 1 saturated heterocycles. The van der Waals surface area contributed by atoms with Gasteiger partial charge in [-0.15, -0.1) is 11.3 Å². The van der Waals surface area contributed by atoms with E-state index in [9.17, 15) is 15.0 Å². The summed E-state index contributed by atoms with van der Waals surface area (Å²) in [7, 11) is 0. The maximum absolute atomic E-state index is 10.9. The Balaban J connectivity index is 1.72. The molecule has 1 fully saturated rings. The van der Waals surface area contributed by atoms with Crippen LogP contribution in [0.15, 0.2) is 36.4 Å². The molecule has 5 N–H and O–H groups in total. The molecular formula is C22H25N3O5S. The highest BCUT2D eigenvalue weighted by Crippen LogP contribution is 2.44. The third-order valence-corrected chi connectivity index (χ3v) is 6.56. The standard InChI is InChI=1S/C22H25N3O5S/c1-2-5-12-8-13(17(27)9-16(12)26)21-20(15(24-25-21)10-30-11-19(28)29)22-23-14-6-3-4-7-18(14)31-22/h3-4,6-9,15,20-21,24-27H,2,5,10-11H2,1H3,(H,28,29). The number of aliphatic carboxylic acids is 1. The van der Waals surface area contributed by atoms with Crippen LogP contribution in [0, 0.1) is 0 Å². The number of hydrogen-bond acceptors (Lipinski definition) is 8. The maximum atomic E-state index is 10.9. The summed E-state index contributed by atoms with van der Waals surface area (Å²) in [5, 5.41) is 30.6. The summed E-state index contributed by atoms with van der Waals surface area (Å²) < 4.78 is 6.42. The molecule has 1 aliphatic rings. The number of aromatic hydroxyl groups is 2. The van der Waals surface area contributed by atoms with Gasteiger partial charge in [0, 0.05) is 11.6 Å². The van der Waals surface area contributed by atoms with Crippen molar-refractivity contribution >= 4 is 27.5 Å². The summed E-state index contributed by atoms with van der Waals surface area (Å²) in [6.07, 6.45) is 1.55. The van der Waals surface area contributed by atoms with Crippen molar-refractivity contribution in [2.45, 2.75) is 37.8 Å². The lowest BCUT2D eigenvalue weighted by Gasteiger charge is -2.22. The predicted octanol–water partition coefficient (Wildman–Crippen LogP) is 3.06. The number of carboxylic acids is 1. The molecule has 0 amide bonds. The zero-order valence-electron chi connectivity index (χ0n) is 17.0. The van der Waals surface area contributed by atoms with Crippen LogP contribution in [0.2, 0.25) is 0 Å². The van der Waals surface area contributed by atoms with Crippen LogP contribution in [0.25, 0.3) is 10.2 Å². The Morgan fingerprint density at radius 1 is 1.19 bits per heavy atom. The number of carboxylic acid groups (broad SMARTS) is 1. The lowest BCUT2D eigenvalue weighted by atomic mass is 9.88. The van der Waals surface area contributed by atoms with E-state index in [-0.39, 0.29) is 42.7 Å². The van der Waals surface area contributed by atoms with Crippen molar-refractivity contribution in [3.8, 4) is 11.5 Å². The summed E-state index contributed by atoms with van der Waals surface area (Å²) >= 11 is 1.57. The van der Waals surface area contributed by atoms with Crippen LogP contribution in [0.4, 0.5) is 0 Å². The van der Waals surface area contributed by atoms with E-state index in [2.05, 4.69) is 10.9 Å². The summed E-state index contributed by atoms with van der Waals surface area (Å²) in [5.41, 5.74) is 8.73. The van der Waals surface area contributed by atoms with Crippen molar-refractivity contribution in [1.29, 1.82) is 0 Å². The van der Waals surface area contributed by atoms with E-state index < -0.39 is 5.97 Å². The molecule has 0 aliphatic carbocycles. The summed E-state index contributed by atoms with van der Waals surface area (Å²) in [6, 6.07) is 10.5. The first kappa shape index (κ1) is 21.5. The van der Waals surface area contributed by atoms with Gasteiger partial charge in [-0.25, -0.2) is 15.2 Å². The second kappa shape index (κ2) is 9.19. The van der Waals surface area contributed by atoms with Crippen LogP contribution in [0.3, 0.4) is 0 Å². The van der Waals surface area contributed by atoms with Crippen molar-refractivity contribution in [3.63, 3.8) is 0 Å². The molecule has 31 heavy (non-hydrogen) atoms. The Kier molecular flexibility index (Phi) is 6.38. The molecule has 9 heteroatoms. The number of rotatable bonds is 8. The second-order valence-corrected chi connectivity index (χ2v) is 8.68. The van der Waals surface area contributed by atoms with Crippen LogP contribution >= 0.6 is 11.3 Å². The largest absolute Gasteiger partial charge is 0.508 e. The third-order valence-electron chi connectivity index (χ3n) is 5.42. The topological polar surface area (TPSA) is 124 Å². The summed E-state index contributed by atoms with van der Waals surface area (Å²) in [6.45, 7) is 1.80. The lowest BCUT2D eigenvalue weighted by molar-refractivity contribution is -0.142. The van der Waals surface area contributed by atoms with E-state index >= 15 is 0 Å². The van der Waals surface area contributed by atoms with Gasteiger partial charge >= 0.3 is 5.97 Å². The summed E-state index contributed by atoms with van der Waals surface area (Å²) in [4.78, 5) is 15.7. The number of nitrogens with zero attached hydrogens (tertiary/aromatic N) is 1. The van der Waals surface area contributed by atoms with Crippen LogP contribution < -0.4 is 10.9 Å². The molecule has 1 aromatic heterocycles. The first-order valence-corrected chi connectivity index (χ1v) is 11.0. The number of fused-ring (bicyclic) bond motifs is 1. The van der Waals surface area contributed by atoms with Crippen molar-refractivity contribution in [2.75, 3.05) is 13.2 Å². The minimum Gasteiger partial charge on any atom is -0.508 e. The zero-order chi connectivity index (χ0) is 22.0. The Hall–Kier alpha value is -2.72. The highest BCUT2D eigenvalue weighted by molar-refractivity contribution is 7.18. The van der Waals surface area contributed by atoms with Gasteiger partial charge in [0.05, 0.1) is 34.8 Å². The fourth-order valence-corrected chi connectivity index (χ4v) is 5.18. The molecule has 0 spiro atoms. The third kappa shape index (κ3) is 4.49. The molecule has 4 rings (SSSR count). The number of ether oxygens (including phenoxy) is 1. The Morgan fingerprint density at radius 3 is 2.74 bits per heavy atom. The molecule has 0 radical (unpaired) electrons. The average molecular weight is 444 g/mol. The SMILES string of the molecule is CCCc1cc(C2NNC(COCC(=O)O)C2c2nc3ccccc3s2)c(O)cc1O. The number of hydrogen-bond donors (Lipinski definition) is 5. The number of thiazole rings is 1.